The van der Waals surface area contributed by atoms with Crippen molar-refractivity contribution in [3.05, 3.63) is 59.4 Å². The van der Waals surface area contributed by atoms with E-state index in [2.05, 4.69) is 0 Å². The molecular formula is C20H15FN2O6. The molecule has 0 radical (unpaired) electrons. The zero-order chi connectivity index (χ0) is 21.1. The van der Waals surface area contributed by atoms with E-state index in [9.17, 15) is 23.6 Å². The number of rotatable bonds is 4. The number of urea groups is 1. The highest BCUT2D eigenvalue weighted by molar-refractivity contribution is 6.39. The molecule has 3 rings (SSSR count). The summed E-state index contributed by atoms with van der Waals surface area (Å²) in [5.74, 6) is -2.89. The van der Waals surface area contributed by atoms with Crippen molar-refractivity contribution < 1.29 is 33.0 Å². The van der Waals surface area contributed by atoms with Crippen molar-refractivity contribution >= 4 is 35.6 Å². The normalized spacial score (nSPS) is 15.3. The summed E-state index contributed by atoms with van der Waals surface area (Å²) in [4.78, 5) is 48.8. The number of carbonyl (C=O) groups is 4. The standard InChI is InChI=1S/C20H15FN2O6/c1-11(24)29-16-8-7-12(10-17(16)28-2)9-13-18(25)22-20(27)23(19(13)26)15-6-4-3-5-14(15)21/h3-10H,1-2H3,(H,22,25,27)/b13-9-. The number of hydrogen-bond donors (Lipinski definition) is 1. The average Bonchev–Trinajstić information content (AvgIpc) is 2.67. The van der Waals surface area contributed by atoms with Gasteiger partial charge in [-0.1, -0.05) is 18.2 Å². The van der Waals surface area contributed by atoms with Gasteiger partial charge < -0.3 is 9.47 Å². The van der Waals surface area contributed by atoms with E-state index in [0.717, 1.165) is 6.07 Å². The smallest absolute Gasteiger partial charge is 0.336 e. The highest BCUT2D eigenvalue weighted by atomic mass is 19.1. The van der Waals surface area contributed by atoms with Gasteiger partial charge in [0.05, 0.1) is 12.8 Å². The van der Waals surface area contributed by atoms with E-state index in [1.807, 2.05) is 5.32 Å². The molecule has 9 heteroatoms. The van der Waals surface area contributed by atoms with Crippen molar-refractivity contribution in [2.75, 3.05) is 12.0 Å². The predicted octanol–water partition coefficient (Wildman–Crippen LogP) is 2.43. The molecular weight excluding hydrogens is 383 g/mol. The number of amides is 4. The van der Waals surface area contributed by atoms with Crippen LogP contribution in [0, 0.1) is 5.82 Å². The molecule has 0 saturated carbocycles. The number of hydrogen-bond acceptors (Lipinski definition) is 6. The van der Waals surface area contributed by atoms with E-state index >= 15 is 0 Å². The van der Waals surface area contributed by atoms with Crippen molar-refractivity contribution in [1.82, 2.24) is 5.32 Å². The number of para-hydroxylation sites is 1. The van der Waals surface area contributed by atoms with Crippen molar-refractivity contribution in [2.45, 2.75) is 6.92 Å². The Bertz CT molecular complexity index is 1060. The molecule has 0 bridgehead atoms. The number of benzene rings is 2. The van der Waals surface area contributed by atoms with E-state index < -0.39 is 29.6 Å². The van der Waals surface area contributed by atoms with Gasteiger partial charge in [-0.2, -0.15) is 0 Å². The Morgan fingerprint density at radius 3 is 2.48 bits per heavy atom. The maximum atomic E-state index is 14.1. The van der Waals surface area contributed by atoms with Crippen LogP contribution in [0.2, 0.25) is 0 Å². The van der Waals surface area contributed by atoms with Gasteiger partial charge >= 0.3 is 12.0 Å². The molecule has 0 atom stereocenters. The molecule has 0 aliphatic carbocycles. The van der Waals surface area contributed by atoms with E-state index in [0.29, 0.717) is 10.5 Å². The van der Waals surface area contributed by atoms with Crippen LogP contribution in [0.4, 0.5) is 14.9 Å². The van der Waals surface area contributed by atoms with Gasteiger partial charge in [0.25, 0.3) is 11.8 Å². The summed E-state index contributed by atoms with van der Waals surface area (Å²) in [5, 5.41) is 2.01. The van der Waals surface area contributed by atoms with Gasteiger partial charge in [-0.25, -0.2) is 14.1 Å². The van der Waals surface area contributed by atoms with E-state index in [1.165, 1.54) is 56.5 Å². The molecule has 0 unspecified atom stereocenters. The lowest BCUT2D eigenvalue weighted by Crippen LogP contribution is -2.54. The van der Waals surface area contributed by atoms with Crippen LogP contribution in [-0.4, -0.2) is 30.9 Å². The van der Waals surface area contributed by atoms with Gasteiger partial charge in [0.2, 0.25) is 0 Å². The number of nitrogens with zero attached hydrogens (tertiary/aromatic N) is 1. The van der Waals surface area contributed by atoms with Crippen molar-refractivity contribution in [3.8, 4) is 11.5 Å². The lowest BCUT2D eigenvalue weighted by Gasteiger charge is -2.26. The SMILES string of the molecule is COc1cc(/C=C2/C(=O)NC(=O)N(c3ccccc3F)C2=O)ccc1OC(C)=O. The van der Waals surface area contributed by atoms with Gasteiger partial charge in [0.1, 0.15) is 11.4 Å². The summed E-state index contributed by atoms with van der Waals surface area (Å²) in [5.41, 5.74) is -0.301. The summed E-state index contributed by atoms with van der Waals surface area (Å²) in [6.07, 6.45) is 1.22. The van der Waals surface area contributed by atoms with Gasteiger partial charge in [-0.15, -0.1) is 0 Å². The molecule has 2 aromatic carbocycles. The highest BCUT2D eigenvalue weighted by Crippen LogP contribution is 2.30. The van der Waals surface area contributed by atoms with Gasteiger partial charge in [0, 0.05) is 6.92 Å². The first-order chi connectivity index (χ1) is 13.8. The minimum Gasteiger partial charge on any atom is -0.493 e. The molecule has 148 valence electrons. The molecule has 8 nitrogen and oxygen atoms in total. The van der Waals surface area contributed by atoms with Crippen molar-refractivity contribution in [3.63, 3.8) is 0 Å². The maximum Gasteiger partial charge on any atom is 0.336 e. The Morgan fingerprint density at radius 1 is 1.10 bits per heavy atom. The molecule has 0 aromatic heterocycles. The Morgan fingerprint density at radius 2 is 1.83 bits per heavy atom. The number of carbonyl (C=O) groups excluding carboxylic acids is 4. The van der Waals surface area contributed by atoms with E-state index in [4.69, 9.17) is 9.47 Å². The largest absolute Gasteiger partial charge is 0.493 e. The van der Waals surface area contributed by atoms with Gasteiger partial charge in [-0.3, -0.25) is 19.7 Å². The summed E-state index contributed by atoms with van der Waals surface area (Å²) >= 11 is 0. The van der Waals surface area contributed by atoms with Crippen LogP contribution in [0.25, 0.3) is 6.08 Å². The van der Waals surface area contributed by atoms with Crippen LogP contribution in [0.1, 0.15) is 12.5 Å². The van der Waals surface area contributed by atoms with Gasteiger partial charge in [0.15, 0.2) is 11.5 Å². The third-order valence-corrected chi connectivity index (χ3v) is 3.95. The monoisotopic (exact) mass is 398 g/mol. The lowest BCUT2D eigenvalue weighted by atomic mass is 10.1. The summed E-state index contributed by atoms with van der Waals surface area (Å²) < 4.78 is 24.2. The fourth-order valence-corrected chi connectivity index (χ4v) is 2.69. The zero-order valence-electron chi connectivity index (χ0n) is 15.4. The minimum atomic E-state index is -1.05. The first-order valence-electron chi connectivity index (χ1n) is 8.34. The molecule has 1 aliphatic rings. The average molecular weight is 398 g/mol. The maximum absolute atomic E-state index is 14.1. The fourth-order valence-electron chi connectivity index (χ4n) is 2.69. The highest BCUT2D eigenvalue weighted by Gasteiger charge is 2.37. The predicted molar refractivity (Wildman–Crippen MR) is 99.7 cm³/mol. The molecule has 1 N–H and O–H groups in total. The number of nitrogens with one attached hydrogen (secondary N) is 1. The third-order valence-electron chi connectivity index (χ3n) is 3.95. The van der Waals surface area contributed by atoms with Crippen LogP contribution in [-0.2, 0) is 14.4 Å². The van der Waals surface area contributed by atoms with Crippen molar-refractivity contribution in [1.29, 1.82) is 0 Å². The van der Waals surface area contributed by atoms with Crippen LogP contribution in [0.3, 0.4) is 0 Å². The van der Waals surface area contributed by atoms with Crippen LogP contribution < -0.4 is 19.7 Å². The summed E-state index contributed by atoms with van der Waals surface area (Å²) in [7, 11) is 1.36. The second kappa shape index (κ2) is 7.93. The summed E-state index contributed by atoms with van der Waals surface area (Å²) in [6, 6.07) is 8.50. The summed E-state index contributed by atoms with van der Waals surface area (Å²) in [6.45, 7) is 1.23. The van der Waals surface area contributed by atoms with Crippen LogP contribution in [0.15, 0.2) is 48.0 Å². The first-order valence-corrected chi connectivity index (χ1v) is 8.34. The molecule has 0 spiro atoms. The number of anilines is 1. The molecule has 1 aliphatic heterocycles. The number of methoxy groups -OCH3 is 1. The molecule has 4 amide bonds. The Hall–Kier alpha value is -4.01. The zero-order valence-corrected chi connectivity index (χ0v) is 15.4. The number of esters is 1. The quantitative estimate of drug-likeness (QED) is 0.367. The second-order valence-corrected chi connectivity index (χ2v) is 5.91. The van der Waals surface area contributed by atoms with Gasteiger partial charge in [-0.05, 0) is 35.9 Å². The molecule has 1 saturated heterocycles. The van der Waals surface area contributed by atoms with E-state index in [-0.39, 0.29) is 22.8 Å². The second-order valence-electron chi connectivity index (χ2n) is 5.91. The molecule has 1 heterocycles. The molecule has 29 heavy (non-hydrogen) atoms. The Kier molecular flexibility index (Phi) is 5.40. The number of ether oxygens (including phenoxy) is 2. The van der Waals surface area contributed by atoms with Crippen LogP contribution >= 0.6 is 0 Å². The fraction of sp³-hybridized carbons (Fsp3) is 0.100. The topological polar surface area (TPSA) is 102 Å². The molecule has 2 aromatic rings. The Labute approximate surface area is 164 Å². The number of imide groups is 2. The first kappa shape index (κ1) is 19.7. The van der Waals surface area contributed by atoms with E-state index in [1.54, 1.807) is 0 Å². The number of barbiturate groups is 1. The minimum absolute atomic E-state index is 0.157. The third kappa shape index (κ3) is 3.98. The van der Waals surface area contributed by atoms with Crippen LogP contribution in [0.5, 0.6) is 11.5 Å². The van der Waals surface area contributed by atoms with Crippen molar-refractivity contribution in [2.24, 2.45) is 0 Å². The number of halogens is 1. The molecule has 1 fully saturated rings. The Balaban J connectivity index is 2.01. The lowest BCUT2D eigenvalue weighted by molar-refractivity contribution is -0.132.